The molecule has 6 rings (SSSR count). The second kappa shape index (κ2) is 58.0. The summed E-state index contributed by atoms with van der Waals surface area (Å²) < 4.78 is 27.4. The number of para-hydroxylation sites is 1. The first kappa shape index (κ1) is 110. The molecule has 0 bridgehead atoms. The summed E-state index contributed by atoms with van der Waals surface area (Å²) in [6, 6.07) is -2.56. The summed E-state index contributed by atoms with van der Waals surface area (Å²) in [6.45, 7) is 4.84. The number of aromatic nitrogens is 3. The smallest absolute Gasteiger partial charge is 0.245 e. The number of guanidine groups is 1. The average Bonchev–Trinajstić information content (AvgIpc) is 1.69. The summed E-state index contributed by atoms with van der Waals surface area (Å²) in [5.74, 6) is -16.5. The molecule has 0 aliphatic carbocycles. The third kappa shape index (κ3) is 40.0. The van der Waals surface area contributed by atoms with E-state index in [0.29, 0.717) is 34.9 Å². The van der Waals surface area contributed by atoms with E-state index in [1.54, 1.807) is 67.7 Å². The summed E-state index contributed by atoms with van der Waals surface area (Å²) in [7, 11) is -4.11. The fourth-order valence-electron chi connectivity index (χ4n) is 15.5. The first-order valence-corrected chi connectivity index (χ1v) is 47.8. The van der Waals surface area contributed by atoms with Gasteiger partial charge in [-0.15, -0.1) is 0 Å². The zero-order valence-electron chi connectivity index (χ0n) is 76.4. The van der Waals surface area contributed by atoms with E-state index in [1.165, 1.54) is 57.5 Å². The minimum Gasteiger partial charge on any atom is -0.391 e. The molecule has 736 valence electrons. The van der Waals surface area contributed by atoms with Crippen LogP contribution in [0, 0.1) is 5.41 Å². The molecule has 2 saturated heterocycles. The summed E-state index contributed by atoms with van der Waals surface area (Å²) in [6.07, 6.45) is 10.2. The van der Waals surface area contributed by atoms with Gasteiger partial charge in [-0.25, -0.2) is 13.4 Å². The van der Waals surface area contributed by atoms with E-state index in [1.807, 2.05) is 4.72 Å². The van der Waals surface area contributed by atoms with Gasteiger partial charge in [0, 0.05) is 94.3 Å². The third-order valence-electron chi connectivity index (χ3n) is 22.9. The van der Waals surface area contributed by atoms with Gasteiger partial charge in [0.15, 0.2) is 5.96 Å². The molecule has 44 heteroatoms. The lowest BCUT2D eigenvalue weighted by molar-refractivity contribution is -0.143. The van der Waals surface area contributed by atoms with Crippen LogP contribution in [0.5, 0.6) is 0 Å². The van der Waals surface area contributed by atoms with Gasteiger partial charge in [0.05, 0.1) is 42.6 Å². The number of fused-ring (bicyclic) bond motifs is 2. The maximum Gasteiger partial charge on any atom is 0.245 e. The van der Waals surface area contributed by atoms with Crippen molar-refractivity contribution in [3.05, 3.63) is 90.1 Å². The van der Waals surface area contributed by atoms with Crippen molar-refractivity contribution in [2.45, 2.75) is 318 Å². The zero-order chi connectivity index (χ0) is 97.5. The number of H-pyrrole nitrogens is 2. The average molecular weight is 1880 g/mol. The van der Waals surface area contributed by atoms with Gasteiger partial charge in [-0.2, -0.15) is 0 Å². The topological polar surface area (TPSA) is 686 Å². The van der Waals surface area contributed by atoms with Crippen molar-refractivity contribution in [3.8, 4) is 0 Å². The molecule has 16 amide bonds. The van der Waals surface area contributed by atoms with Crippen LogP contribution in [0.2, 0.25) is 0 Å². The Morgan fingerprint density at radius 3 is 1.80 bits per heavy atom. The largest absolute Gasteiger partial charge is 0.391 e. The Morgan fingerprint density at radius 1 is 0.586 bits per heavy atom. The van der Waals surface area contributed by atoms with Gasteiger partial charge in [-0.1, -0.05) is 152 Å². The van der Waals surface area contributed by atoms with E-state index in [-0.39, 0.29) is 95.4 Å². The number of carbonyl (C=O) groups is 16. The Hall–Kier alpha value is -12.2. The number of primary amides is 2. The fraction of sp³-hybridized carbons (Fsp3) is 0.618. The first-order chi connectivity index (χ1) is 63.5. The van der Waals surface area contributed by atoms with Crippen molar-refractivity contribution in [2.24, 2.45) is 17.2 Å². The highest BCUT2D eigenvalue weighted by Gasteiger charge is 2.45. The van der Waals surface area contributed by atoms with E-state index < -0.39 is 253 Å². The van der Waals surface area contributed by atoms with Crippen LogP contribution in [-0.2, 0) is 106 Å². The summed E-state index contributed by atoms with van der Waals surface area (Å²) >= 11 is 0. The standard InChI is InChI=1S/C89H138N22O21S/c1-5-7-9-10-11-12-13-14-15-16-17-18-22-36-74(118)110-133(131,132)44-28-37-72(116)98-51-75(119)108-76(54(3)112)86(128)103-65(38-40-71(90)115)81(123)106-69(47-58-50-94-53-99-58)84(126)109-77(55(4)113)87(129)102-63(32-8-6-2)79(121)104-66-39-41-73(117)95-42-26-25-34-62(78(91)120)100-83(125)68(46-57-49-97-61-33-24-23-31-60(57)61)105-80(122)64(35-27-43-96-89(92)93)101-82(124)67(45-56-29-20-19-21-30-56)107-85(127)70-48-59(114)52-111(70)88(66)130/h19-21,23-24,29-31,33,49-50,53-55,59,62-70,76-77,97,112-114H,5-18,22,25-28,32,34-48,51-52H2,1-4H3,(H2,90,115)(H2,91,120)(H,94,99)(H,95,117)(H,98,116)(H,100,125)(H,101,124)(H,102,129)(H,103,128)(H,104,121)(H,105,122)(H,106,123)(H,107,127)(H,108,119)(H,109,126)(H,110,118)(H4,92,93,96)/t54-,55-,59-,62+,63+,64+,65-,66+,67-,68+,69+,70+,76+,77+/m1/s1. The molecule has 2 aliphatic rings. The van der Waals surface area contributed by atoms with Crippen LogP contribution >= 0.6 is 0 Å². The highest BCUT2D eigenvalue weighted by atomic mass is 32.2. The number of hydrogen-bond acceptors (Lipinski definition) is 23. The summed E-state index contributed by atoms with van der Waals surface area (Å²) in [5.41, 5.74) is 18.9. The number of benzene rings is 2. The molecule has 4 aromatic rings. The lowest BCUT2D eigenvalue weighted by Gasteiger charge is -2.31. The van der Waals surface area contributed by atoms with Gasteiger partial charge in [0.1, 0.15) is 66.5 Å². The van der Waals surface area contributed by atoms with Crippen molar-refractivity contribution < 1.29 is 100 Å². The van der Waals surface area contributed by atoms with Gasteiger partial charge in [-0.05, 0) is 95.2 Å². The highest BCUT2D eigenvalue weighted by molar-refractivity contribution is 7.90. The molecule has 43 nitrogen and oxygen atoms in total. The normalized spacial score (nSPS) is 19.5. The number of nitrogens with two attached hydrogens (primary N) is 3. The number of unbranched alkanes of at least 4 members (excludes halogenated alkanes) is 13. The molecular formula is C89H138N22O21S. The second-order valence-electron chi connectivity index (χ2n) is 34.0. The van der Waals surface area contributed by atoms with Gasteiger partial charge < -0.3 is 117 Å². The molecule has 0 radical (unpaired) electrons. The minimum atomic E-state index is -4.11. The maximum absolute atomic E-state index is 15.4. The highest BCUT2D eigenvalue weighted by Crippen LogP contribution is 2.24. The number of aromatic amines is 2. The van der Waals surface area contributed by atoms with Crippen LogP contribution in [0.3, 0.4) is 0 Å². The molecule has 2 fully saturated rings. The molecule has 2 aliphatic heterocycles. The van der Waals surface area contributed by atoms with Crippen molar-refractivity contribution >= 4 is 121 Å². The van der Waals surface area contributed by atoms with Crippen molar-refractivity contribution in [2.75, 3.05) is 31.9 Å². The van der Waals surface area contributed by atoms with E-state index in [2.05, 4.69) is 91.0 Å². The fourth-order valence-corrected chi connectivity index (χ4v) is 16.5. The van der Waals surface area contributed by atoms with E-state index in [0.717, 1.165) is 50.9 Å². The number of sulfonamides is 1. The van der Waals surface area contributed by atoms with E-state index in [4.69, 9.17) is 22.6 Å². The molecule has 26 N–H and O–H groups in total. The number of nitrogens with zero attached hydrogens (tertiary/aromatic N) is 2. The Labute approximate surface area is 774 Å². The molecule has 0 unspecified atom stereocenters. The van der Waals surface area contributed by atoms with Gasteiger partial charge in [-0.3, -0.25) is 86.8 Å². The third-order valence-corrected chi connectivity index (χ3v) is 24.2. The predicted molar refractivity (Wildman–Crippen MR) is 490 cm³/mol. The Morgan fingerprint density at radius 2 is 1.17 bits per heavy atom. The van der Waals surface area contributed by atoms with Crippen LogP contribution in [0.1, 0.15) is 231 Å². The van der Waals surface area contributed by atoms with Crippen molar-refractivity contribution in [1.82, 2.24) is 93.7 Å². The summed E-state index contributed by atoms with van der Waals surface area (Å²) in [4.78, 5) is 236. The number of aliphatic hydroxyl groups excluding tert-OH is 3. The molecule has 4 heterocycles. The molecule has 0 saturated carbocycles. The van der Waals surface area contributed by atoms with Crippen molar-refractivity contribution in [3.63, 3.8) is 0 Å². The molecule has 0 spiro atoms. The number of hydrogen-bond donors (Lipinski definition) is 23. The number of rotatable bonds is 51. The maximum atomic E-state index is 15.4. The number of aliphatic hydroxyl groups is 3. The minimum absolute atomic E-state index is 0.00963. The molecule has 2 aromatic heterocycles. The molecule has 133 heavy (non-hydrogen) atoms. The van der Waals surface area contributed by atoms with Crippen LogP contribution < -0.4 is 91.0 Å². The van der Waals surface area contributed by atoms with Crippen molar-refractivity contribution in [1.29, 1.82) is 5.41 Å². The van der Waals surface area contributed by atoms with Gasteiger partial charge >= 0.3 is 0 Å². The van der Waals surface area contributed by atoms with E-state index in [9.17, 15) is 81.3 Å². The quantitative estimate of drug-likeness (QED) is 0.0137. The first-order valence-electron chi connectivity index (χ1n) is 46.1. The van der Waals surface area contributed by atoms with Crippen LogP contribution in [0.25, 0.3) is 10.9 Å². The molecule has 2 aromatic carbocycles. The number of amides is 16. The SMILES string of the molecule is CCCCCCCCCCCCCCCC(=O)NS(=O)(=O)CCCC(=O)NCC(=O)N[C@H](C(=O)N[C@H](CCC(N)=O)C(=O)N[C@@H](Cc1c[nH]cn1)C(=O)N[C@H](C(=O)N[C@@H](CCCC)C(=O)N[C@H]1CCC(=O)NCCCC[C@@H](C(N)=O)NC(=O)[C@H](Cc2c[nH]c3ccccc23)NC(=O)[C@H](CCCNC(=N)N)NC(=O)[C@@H](Cc2ccccc2)NC(=O)[C@@H]2C[C@@H](O)CN2C1=O)[C@@H](C)O)[C@@H](C)O. The van der Waals surface area contributed by atoms with Gasteiger partial charge in [0.2, 0.25) is 105 Å². The van der Waals surface area contributed by atoms with Gasteiger partial charge in [0.25, 0.3) is 0 Å². The zero-order valence-corrected chi connectivity index (χ0v) is 77.2. The monoisotopic (exact) mass is 1880 g/mol. The van der Waals surface area contributed by atoms with Crippen LogP contribution in [-0.4, -0.2) is 261 Å². The predicted octanol–water partition coefficient (Wildman–Crippen LogP) is -1.40. The molecular weight excluding hydrogens is 1750 g/mol. The molecule has 14 atom stereocenters. The number of carbonyl (C=O) groups excluding carboxylic acids is 16. The van der Waals surface area contributed by atoms with Crippen LogP contribution in [0.4, 0.5) is 0 Å². The Balaban J connectivity index is 1.17. The lowest BCUT2D eigenvalue weighted by atomic mass is 10.0. The Bertz CT molecular complexity index is 4620. The second-order valence-corrected chi connectivity index (χ2v) is 35.9. The lowest BCUT2D eigenvalue weighted by Crippen LogP contribution is -2.62. The Kier molecular flexibility index (Phi) is 47.8. The summed E-state index contributed by atoms with van der Waals surface area (Å²) in [5, 5.41) is 75.1. The van der Waals surface area contributed by atoms with Crippen LogP contribution in [0.15, 0.2) is 73.3 Å². The number of nitrogens with one attached hydrogen (secondary N) is 17. The van der Waals surface area contributed by atoms with E-state index >= 15 is 19.2 Å². The number of imidazole rings is 1.